The van der Waals surface area contributed by atoms with Crippen LogP contribution in [0.25, 0.3) is 0 Å². The minimum Gasteiger partial charge on any atom is -0.355 e. The number of hydrogen-bond acceptors (Lipinski definition) is 1. The van der Waals surface area contributed by atoms with Crippen LogP contribution in [0.2, 0.25) is 0 Å². The predicted molar refractivity (Wildman–Crippen MR) is 70.1 cm³/mol. The van der Waals surface area contributed by atoms with Gasteiger partial charge in [-0.1, -0.05) is 54.7 Å². The fraction of sp³-hybridized carbons (Fsp3) is 0.154. The second-order valence-electron chi connectivity index (χ2n) is 3.15. The van der Waals surface area contributed by atoms with E-state index in [-0.39, 0.29) is 0 Å². The van der Waals surface area contributed by atoms with Crippen molar-refractivity contribution in [2.24, 2.45) is 0 Å². The normalized spacial score (nSPS) is 9.33. The minimum atomic E-state index is 0.750. The van der Waals surface area contributed by atoms with Gasteiger partial charge in [0.05, 0.1) is 0 Å². The molecule has 1 nitrogen and oxygen atoms in total. The van der Waals surface area contributed by atoms with E-state index >= 15 is 0 Å². The van der Waals surface area contributed by atoms with Crippen LogP contribution >= 0.6 is 12.2 Å². The maximum absolute atomic E-state index is 5.40. The van der Waals surface area contributed by atoms with E-state index in [1.54, 1.807) is 0 Å². The summed E-state index contributed by atoms with van der Waals surface area (Å²) in [6.07, 6.45) is 3.69. The molecule has 15 heavy (non-hydrogen) atoms. The van der Waals surface area contributed by atoms with Crippen LogP contribution in [0.15, 0.2) is 55.6 Å². The van der Waals surface area contributed by atoms with E-state index in [0.29, 0.717) is 0 Å². The molecular weight excluding hydrogens is 202 g/mol. The summed E-state index contributed by atoms with van der Waals surface area (Å²) < 4.78 is 0. The Hall–Kier alpha value is -1.41. The molecule has 1 rings (SSSR count). The van der Waals surface area contributed by atoms with Crippen molar-refractivity contribution in [1.82, 2.24) is 4.90 Å². The Morgan fingerprint density at radius 3 is 2.13 bits per heavy atom. The van der Waals surface area contributed by atoms with E-state index in [2.05, 4.69) is 18.1 Å². The molecule has 1 aromatic rings. The zero-order chi connectivity index (χ0) is 11.1. The van der Waals surface area contributed by atoms with Gasteiger partial charge >= 0.3 is 0 Å². The molecule has 0 aliphatic rings. The van der Waals surface area contributed by atoms with E-state index in [1.165, 1.54) is 0 Å². The number of rotatable bonds is 5. The lowest BCUT2D eigenvalue weighted by Gasteiger charge is -2.22. The maximum Gasteiger partial charge on any atom is 0.109 e. The van der Waals surface area contributed by atoms with Gasteiger partial charge in [0.25, 0.3) is 0 Å². The molecule has 0 bridgehead atoms. The molecule has 0 atom stereocenters. The first kappa shape index (κ1) is 11.7. The molecule has 1 aromatic carbocycles. The summed E-state index contributed by atoms with van der Waals surface area (Å²) in [6.45, 7) is 8.95. The molecule has 0 radical (unpaired) electrons. The molecule has 0 aliphatic heterocycles. The topological polar surface area (TPSA) is 3.24 Å². The van der Waals surface area contributed by atoms with Crippen molar-refractivity contribution in [3.8, 4) is 0 Å². The van der Waals surface area contributed by atoms with Crippen LogP contribution in [0.1, 0.15) is 5.56 Å². The highest BCUT2D eigenvalue weighted by atomic mass is 32.1. The highest BCUT2D eigenvalue weighted by Crippen LogP contribution is 2.06. The van der Waals surface area contributed by atoms with Crippen LogP contribution < -0.4 is 0 Å². The fourth-order valence-corrected chi connectivity index (χ4v) is 1.60. The third-order valence-electron chi connectivity index (χ3n) is 2.01. The average Bonchev–Trinajstić information content (AvgIpc) is 2.29. The second kappa shape index (κ2) is 6.14. The molecule has 0 aliphatic carbocycles. The van der Waals surface area contributed by atoms with Gasteiger partial charge in [-0.15, -0.1) is 13.2 Å². The van der Waals surface area contributed by atoms with Crippen LogP contribution in [0.5, 0.6) is 0 Å². The van der Waals surface area contributed by atoms with Gasteiger partial charge in [-0.25, -0.2) is 0 Å². The molecule has 0 N–H and O–H groups in total. The van der Waals surface area contributed by atoms with E-state index in [4.69, 9.17) is 12.2 Å². The van der Waals surface area contributed by atoms with Gasteiger partial charge in [0.1, 0.15) is 4.99 Å². The Kier molecular flexibility index (Phi) is 4.78. The fourth-order valence-electron chi connectivity index (χ4n) is 1.32. The van der Waals surface area contributed by atoms with Crippen LogP contribution in [-0.2, 0) is 0 Å². The van der Waals surface area contributed by atoms with Crippen LogP contribution in [0, 0.1) is 0 Å². The van der Waals surface area contributed by atoms with Crippen molar-refractivity contribution >= 4 is 17.2 Å². The molecular formula is C13H15NS. The molecule has 0 amide bonds. The zero-order valence-corrected chi connectivity index (χ0v) is 9.54. The van der Waals surface area contributed by atoms with E-state index in [9.17, 15) is 0 Å². The van der Waals surface area contributed by atoms with Crippen molar-refractivity contribution in [3.05, 3.63) is 61.2 Å². The Labute approximate surface area is 96.7 Å². The lowest BCUT2D eigenvalue weighted by Crippen LogP contribution is -2.30. The Morgan fingerprint density at radius 1 is 1.13 bits per heavy atom. The van der Waals surface area contributed by atoms with Gasteiger partial charge in [0.2, 0.25) is 0 Å². The standard InChI is InChI=1S/C13H15NS/c1-3-10-14(11-4-2)13(15)12-8-6-5-7-9-12/h3-9H,1-2,10-11H2. The van der Waals surface area contributed by atoms with Crippen LogP contribution in [0.3, 0.4) is 0 Å². The molecule has 0 aromatic heterocycles. The molecule has 0 heterocycles. The summed E-state index contributed by atoms with van der Waals surface area (Å²) in [5, 5.41) is 0. The van der Waals surface area contributed by atoms with Crippen molar-refractivity contribution in [2.45, 2.75) is 0 Å². The Morgan fingerprint density at radius 2 is 1.67 bits per heavy atom. The van der Waals surface area contributed by atoms with E-state index < -0.39 is 0 Å². The summed E-state index contributed by atoms with van der Waals surface area (Å²) in [5.41, 5.74) is 1.07. The van der Waals surface area contributed by atoms with Gasteiger partial charge in [-0.05, 0) is 0 Å². The lowest BCUT2D eigenvalue weighted by atomic mass is 10.2. The largest absolute Gasteiger partial charge is 0.355 e. The Balaban J connectivity index is 2.80. The van der Waals surface area contributed by atoms with Crippen molar-refractivity contribution in [1.29, 1.82) is 0 Å². The lowest BCUT2D eigenvalue weighted by molar-refractivity contribution is 0.524. The van der Waals surface area contributed by atoms with Crippen LogP contribution in [0.4, 0.5) is 0 Å². The molecule has 2 heteroatoms. The first-order valence-corrected chi connectivity index (χ1v) is 5.26. The number of thiocarbonyl (C=S) groups is 1. The number of nitrogens with zero attached hydrogens (tertiary/aromatic N) is 1. The second-order valence-corrected chi connectivity index (χ2v) is 3.54. The molecule has 0 unspecified atom stereocenters. The molecule has 0 saturated carbocycles. The predicted octanol–water partition coefficient (Wildman–Crippen LogP) is 3.04. The summed E-state index contributed by atoms with van der Waals surface area (Å²) in [6, 6.07) is 9.99. The van der Waals surface area contributed by atoms with Gasteiger partial charge in [0.15, 0.2) is 0 Å². The number of hydrogen-bond donors (Lipinski definition) is 0. The smallest absolute Gasteiger partial charge is 0.109 e. The first-order valence-electron chi connectivity index (χ1n) is 4.85. The SMILES string of the molecule is C=CCN(CC=C)C(=S)c1ccccc1. The maximum atomic E-state index is 5.40. The molecule has 0 spiro atoms. The third kappa shape index (κ3) is 3.33. The Bertz CT molecular complexity index is 333. The van der Waals surface area contributed by atoms with Gasteiger partial charge < -0.3 is 4.90 Å². The molecule has 0 fully saturated rings. The summed E-state index contributed by atoms with van der Waals surface area (Å²) in [5.74, 6) is 0. The van der Waals surface area contributed by atoms with Gasteiger partial charge in [-0.3, -0.25) is 0 Å². The number of benzene rings is 1. The van der Waals surface area contributed by atoms with Crippen LogP contribution in [-0.4, -0.2) is 23.0 Å². The molecule has 0 saturated heterocycles. The monoisotopic (exact) mass is 217 g/mol. The van der Waals surface area contributed by atoms with Crippen molar-refractivity contribution in [3.63, 3.8) is 0 Å². The zero-order valence-electron chi connectivity index (χ0n) is 8.73. The third-order valence-corrected chi connectivity index (χ3v) is 2.50. The highest BCUT2D eigenvalue weighted by molar-refractivity contribution is 7.80. The van der Waals surface area contributed by atoms with E-state index in [1.807, 2.05) is 42.5 Å². The van der Waals surface area contributed by atoms with E-state index in [0.717, 1.165) is 23.6 Å². The summed E-state index contributed by atoms with van der Waals surface area (Å²) >= 11 is 5.40. The van der Waals surface area contributed by atoms with Crippen molar-refractivity contribution < 1.29 is 0 Å². The average molecular weight is 217 g/mol. The quantitative estimate of drug-likeness (QED) is 0.551. The van der Waals surface area contributed by atoms with Crippen molar-refractivity contribution in [2.75, 3.05) is 13.1 Å². The summed E-state index contributed by atoms with van der Waals surface area (Å²) in [4.78, 5) is 2.90. The summed E-state index contributed by atoms with van der Waals surface area (Å²) in [7, 11) is 0. The van der Waals surface area contributed by atoms with Gasteiger partial charge in [-0.2, -0.15) is 0 Å². The first-order chi connectivity index (χ1) is 7.29. The molecule has 78 valence electrons. The van der Waals surface area contributed by atoms with Gasteiger partial charge in [0, 0.05) is 18.7 Å². The highest BCUT2D eigenvalue weighted by Gasteiger charge is 2.07. The minimum absolute atomic E-state index is 0.750.